The fourth-order valence-electron chi connectivity index (χ4n) is 3.76. The zero-order valence-electron chi connectivity index (χ0n) is 16.4. The van der Waals surface area contributed by atoms with E-state index in [0.29, 0.717) is 6.42 Å². The Bertz CT molecular complexity index is 773. The van der Waals surface area contributed by atoms with Crippen LogP contribution in [0.2, 0.25) is 0 Å². The van der Waals surface area contributed by atoms with E-state index in [4.69, 9.17) is 4.52 Å². The van der Waals surface area contributed by atoms with Crippen LogP contribution in [0.25, 0.3) is 0 Å². The molecule has 2 aromatic heterocycles. The highest BCUT2D eigenvalue weighted by atomic mass is 16.5. The Morgan fingerprint density at radius 3 is 2.62 bits per heavy atom. The molecule has 3 heterocycles. The molecule has 1 aliphatic heterocycles. The Hall–Kier alpha value is -2.15. The van der Waals surface area contributed by atoms with Crippen molar-refractivity contribution in [1.82, 2.24) is 25.2 Å². The summed E-state index contributed by atoms with van der Waals surface area (Å²) < 4.78 is 7.12. The number of aryl methyl sites for hydroxylation is 4. The number of carbonyl (C=O) groups excluding carboxylic acids is 1. The van der Waals surface area contributed by atoms with Crippen molar-refractivity contribution in [2.45, 2.75) is 59.5 Å². The third-order valence-corrected chi connectivity index (χ3v) is 5.46. The van der Waals surface area contributed by atoms with Crippen LogP contribution < -0.4 is 5.32 Å². The molecular weight excluding hydrogens is 330 g/mol. The molecule has 142 valence electrons. The van der Waals surface area contributed by atoms with Gasteiger partial charge in [0.25, 0.3) is 0 Å². The fraction of sp³-hybridized carbons (Fsp3) is 0.632. The van der Waals surface area contributed by atoms with Gasteiger partial charge in [0.05, 0.1) is 11.4 Å². The highest BCUT2D eigenvalue weighted by Crippen LogP contribution is 2.19. The minimum absolute atomic E-state index is 0.122. The minimum atomic E-state index is 0.122. The Balaban J connectivity index is 1.47. The predicted molar refractivity (Wildman–Crippen MR) is 98.8 cm³/mol. The van der Waals surface area contributed by atoms with E-state index in [1.807, 2.05) is 32.5 Å². The van der Waals surface area contributed by atoms with E-state index in [1.165, 1.54) is 11.1 Å². The maximum atomic E-state index is 12.4. The summed E-state index contributed by atoms with van der Waals surface area (Å²) in [5, 5.41) is 11.6. The first-order valence-electron chi connectivity index (χ1n) is 9.27. The molecule has 7 heteroatoms. The Labute approximate surface area is 154 Å². The summed E-state index contributed by atoms with van der Waals surface area (Å²) in [7, 11) is 1.94. The molecule has 0 radical (unpaired) electrons. The molecule has 0 saturated carbocycles. The van der Waals surface area contributed by atoms with Crippen molar-refractivity contribution in [3.63, 3.8) is 0 Å². The molecule has 7 nitrogen and oxygen atoms in total. The molecule has 1 N–H and O–H groups in total. The Morgan fingerprint density at radius 1 is 1.23 bits per heavy atom. The third-order valence-electron chi connectivity index (χ3n) is 5.46. The molecule has 3 rings (SSSR count). The monoisotopic (exact) mass is 359 g/mol. The maximum absolute atomic E-state index is 12.4. The molecule has 0 aliphatic carbocycles. The highest BCUT2D eigenvalue weighted by Gasteiger charge is 2.25. The predicted octanol–water partition coefficient (Wildman–Crippen LogP) is 1.97. The van der Waals surface area contributed by atoms with Crippen molar-refractivity contribution < 1.29 is 9.32 Å². The van der Waals surface area contributed by atoms with Gasteiger partial charge in [-0.15, -0.1) is 0 Å². The fourth-order valence-corrected chi connectivity index (χ4v) is 3.76. The molecular formula is C19H29N5O2. The van der Waals surface area contributed by atoms with Gasteiger partial charge in [0.1, 0.15) is 5.76 Å². The van der Waals surface area contributed by atoms with Crippen molar-refractivity contribution in [3.8, 4) is 0 Å². The van der Waals surface area contributed by atoms with Crippen LogP contribution in [0.1, 0.15) is 46.8 Å². The van der Waals surface area contributed by atoms with Crippen molar-refractivity contribution in [2.75, 3.05) is 13.1 Å². The SMILES string of the molecule is Cc1noc(C)c1CN1CCC(NC(=O)CCc2c(C)nn(C)c2C)C1. The number of hydrogen-bond acceptors (Lipinski definition) is 5. The van der Waals surface area contributed by atoms with Crippen molar-refractivity contribution >= 4 is 5.91 Å². The molecule has 0 bridgehead atoms. The number of amides is 1. The second kappa shape index (κ2) is 7.61. The number of nitrogens with one attached hydrogen (secondary N) is 1. The lowest BCUT2D eigenvalue weighted by Gasteiger charge is -2.16. The van der Waals surface area contributed by atoms with E-state index < -0.39 is 0 Å². The van der Waals surface area contributed by atoms with Crippen LogP contribution in [0, 0.1) is 27.7 Å². The van der Waals surface area contributed by atoms with Crippen LogP contribution in [-0.2, 0) is 24.8 Å². The number of aromatic nitrogens is 3. The van der Waals surface area contributed by atoms with Gasteiger partial charge in [-0.1, -0.05) is 5.16 Å². The van der Waals surface area contributed by atoms with E-state index in [2.05, 4.69) is 27.4 Å². The zero-order chi connectivity index (χ0) is 18.8. The molecule has 1 unspecified atom stereocenters. The number of carbonyl (C=O) groups is 1. The van der Waals surface area contributed by atoms with Gasteiger partial charge in [-0.25, -0.2) is 0 Å². The number of rotatable bonds is 6. The topological polar surface area (TPSA) is 76.2 Å². The molecule has 1 saturated heterocycles. The molecule has 2 aromatic rings. The van der Waals surface area contributed by atoms with Crippen molar-refractivity contribution in [2.24, 2.45) is 7.05 Å². The Morgan fingerprint density at radius 2 is 2.00 bits per heavy atom. The lowest BCUT2D eigenvalue weighted by atomic mass is 10.1. The van der Waals surface area contributed by atoms with Crippen LogP contribution in [0.4, 0.5) is 0 Å². The van der Waals surface area contributed by atoms with Gasteiger partial charge < -0.3 is 9.84 Å². The van der Waals surface area contributed by atoms with Crippen LogP contribution >= 0.6 is 0 Å². The summed E-state index contributed by atoms with van der Waals surface area (Å²) in [5.41, 5.74) is 5.47. The average Bonchev–Trinajstić information content (AvgIpc) is 3.22. The highest BCUT2D eigenvalue weighted by molar-refractivity contribution is 5.76. The second-order valence-electron chi connectivity index (χ2n) is 7.36. The molecule has 0 aromatic carbocycles. The quantitative estimate of drug-likeness (QED) is 0.853. The van der Waals surface area contributed by atoms with Crippen LogP contribution in [0.15, 0.2) is 4.52 Å². The van der Waals surface area contributed by atoms with Gasteiger partial charge in [0, 0.05) is 50.4 Å². The van der Waals surface area contributed by atoms with E-state index in [-0.39, 0.29) is 11.9 Å². The van der Waals surface area contributed by atoms with Gasteiger partial charge >= 0.3 is 0 Å². The van der Waals surface area contributed by atoms with Crippen LogP contribution in [-0.4, -0.2) is 44.9 Å². The van der Waals surface area contributed by atoms with E-state index in [9.17, 15) is 4.79 Å². The van der Waals surface area contributed by atoms with Gasteiger partial charge in [-0.05, 0) is 46.1 Å². The maximum Gasteiger partial charge on any atom is 0.220 e. The molecule has 1 atom stereocenters. The Kier molecular flexibility index (Phi) is 5.46. The van der Waals surface area contributed by atoms with Gasteiger partial charge in [0.2, 0.25) is 5.91 Å². The minimum Gasteiger partial charge on any atom is -0.361 e. The normalized spacial score (nSPS) is 17.8. The third kappa shape index (κ3) is 3.98. The second-order valence-corrected chi connectivity index (χ2v) is 7.36. The summed E-state index contributed by atoms with van der Waals surface area (Å²) >= 11 is 0. The van der Waals surface area contributed by atoms with E-state index in [0.717, 1.165) is 55.3 Å². The van der Waals surface area contributed by atoms with Gasteiger partial charge in [0.15, 0.2) is 0 Å². The summed E-state index contributed by atoms with van der Waals surface area (Å²) in [6.45, 7) is 10.7. The molecule has 26 heavy (non-hydrogen) atoms. The summed E-state index contributed by atoms with van der Waals surface area (Å²) in [4.78, 5) is 14.7. The number of hydrogen-bond donors (Lipinski definition) is 1. The average molecular weight is 359 g/mol. The first-order chi connectivity index (χ1) is 12.3. The first-order valence-corrected chi connectivity index (χ1v) is 9.27. The van der Waals surface area contributed by atoms with Crippen LogP contribution in [0.5, 0.6) is 0 Å². The molecule has 1 fully saturated rings. The van der Waals surface area contributed by atoms with Crippen LogP contribution in [0.3, 0.4) is 0 Å². The number of likely N-dealkylation sites (tertiary alicyclic amines) is 1. The largest absolute Gasteiger partial charge is 0.361 e. The summed E-state index contributed by atoms with van der Waals surface area (Å²) in [6.07, 6.45) is 2.24. The van der Waals surface area contributed by atoms with Gasteiger partial charge in [-0.3, -0.25) is 14.4 Å². The smallest absolute Gasteiger partial charge is 0.220 e. The first kappa shape index (κ1) is 18.6. The number of nitrogens with zero attached hydrogens (tertiary/aromatic N) is 4. The summed E-state index contributed by atoms with van der Waals surface area (Å²) in [5.74, 6) is 1.01. The lowest BCUT2D eigenvalue weighted by Crippen LogP contribution is -2.37. The molecule has 1 amide bonds. The summed E-state index contributed by atoms with van der Waals surface area (Å²) in [6, 6.07) is 0.221. The standard InChI is InChI=1S/C19H29N5O2/c1-12-17(14(3)23(5)21-12)6-7-19(25)20-16-8-9-24(10-16)11-18-13(2)22-26-15(18)4/h16H,6-11H2,1-5H3,(H,20,25). The zero-order valence-corrected chi connectivity index (χ0v) is 16.4. The van der Waals surface area contributed by atoms with Crippen molar-refractivity contribution in [1.29, 1.82) is 0 Å². The van der Waals surface area contributed by atoms with E-state index in [1.54, 1.807) is 0 Å². The molecule has 0 spiro atoms. The van der Waals surface area contributed by atoms with Crippen molar-refractivity contribution in [3.05, 3.63) is 34.0 Å². The lowest BCUT2D eigenvalue weighted by molar-refractivity contribution is -0.121. The van der Waals surface area contributed by atoms with Gasteiger partial charge in [-0.2, -0.15) is 5.10 Å². The molecule has 1 aliphatic rings. The van der Waals surface area contributed by atoms with E-state index >= 15 is 0 Å².